The summed E-state index contributed by atoms with van der Waals surface area (Å²) in [5, 5.41) is 51.9. The topological polar surface area (TPSA) is 220 Å². The van der Waals surface area contributed by atoms with Crippen LogP contribution in [0.1, 0.15) is 58.4 Å². The Morgan fingerprint density at radius 2 is 1.69 bits per heavy atom. The van der Waals surface area contributed by atoms with Crippen LogP contribution in [0.3, 0.4) is 0 Å². The molecule has 232 valence electrons. The third-order valence-electron chi connectivity index (χ3n) is 6.71. The molecule has 4 unspecified atom stereocenters. The van der Waals surface area contributed by atoms with E-state index >= 15 is 0 Å². The van der Waals surface area contributed by atoms with Crippen LogP contribution < -0.4 is 16.6 Å². The summed E-state index contributed by atoms with van der Waals surface area (Å²) < 4.78 is 7.07. The fraction of sp³-hybridized carbons (Fsp3) is 0.607. The van der Waals surface area contributed by atoms with Crippen molar-refractivity contribution in [1.29, 1.82) is 0 Å². The number of benzene rings is 1. The molecule has 2 aliphatic rings. The van der Waals surface area contributed by atoms with Crippen molar-refractivity contribution in [3.63, 3.8) is 0 Å². The summed E-state index contributed by atoms with van der Waals surface area (Å²) in [7, 11) is 0. The highest BCUT2D eigenvalue weighted by atomic mass is 16.6. The van der Waals surface area contributed by atoms with Gasteiger partial charge in [-0.25, -0.2) is 9.78 Å². The first-order valence-electron chi connectivity index (χ1n) is 14.0. The van der Waals surface area contributed by atoms with E-state index in [4.69, 9.17) is 9.84 Å². The zero-order chi connectivity index (χ0) is 31.2. The Morgan fingerprint density at radius 1 is 1.02 bits per heavy atom. The Bertz CT molecular complexity index is 1450. The van der Waals surface area contributed by atoms with Gasteiger partial charge in [0.05, 0.1) is 23.7 Å². The van der Waals surface area contributed by atoms with Crippen LogP contribution in [0.25, 0.3) is 22.6 Å². The minimum atomic E-state index is -1.75. The number of aryl methyl sites for hydroxylation is 2. The van der Waals surface area contributed by atoms with Crippen LogP contribution in [0, 0.1) is 6.92 Å². The zero-order valence-electron chi connectivity index (χ0n) is 24.3. The van der Waals surface area contributed by atoms with Gasteiger partial charge in [0.2, 0.25) is 0 Å². The van der Waals surface area contributed by atoms with Gasteiger partial charge in [-0.1, -0.05) is 12.8 Å². The lowest BCUT2D eigenvalue weighted by Crippen LogP contribution is -2.48. The molecule has 0 bridgehead atoms. The van der Waals surface area contributed by atoms with Crippen LogP contribution in [0.5, 0.6) is 0 Å². The summed E-state index contributed by atoms with van der Waals surface area (Å²) in [5.74, 6) is -0.127. The van der Waals surface area contributed by atoms with Crippen LogP contribution in [-0.4, -0.2) is 94.2 Å². The predicted octanol–water partition coefficient (Wildman–Crippen LogP) is 0.0330. The number of hydrogen-bond donors (Lipinski definition) is 7. The molecule has 1 aromatic carbocycles. The molecule has 0 spiro atoms. The van der Waals surface area contributed by atoms with E-state index in [0.29, 0.717) is 48.1 Å². The molecule has 2 heterocycles. The average Bonchev–Trinajstić information content (AvgIpc) is 2.91. The van der Waals surface area contributed by atoms with Gasteiger partial charge in [-0.3, -0.25) is 14.6 Å². The second-order valence-corrected chi connectivity index (χ2v) is 11.4. The lowest BCUT2D eigenvalue weighted by atomic mass is 10.0. The van der Waals surface area contributed by atoms with E-state index in [1.54, 1.807) is 23.6 Å². The highest BCUT2D eigenvalue weighted by Crippen LogP contribution is 2.27. The molecule has 14 nitrogen and oxygen atoms in total. The van der Waals surface area contributed by atoms with Crippen LogP contribution in [-0.2, 0) is 16.1 Å². The predicted molar refractivity (Wildman–Crippen MR) is 154 cm³/mol. The van der Waals surface area contributed by atoms with Crippen molar-refractivity contribution in [2.45, 2.75) is 96.4 Å². The number of nitrogens with zero attached hydrogens (tertiary/aromatic N) is 3. The summed E-state index contributed by atoms with van der Waals surface area (Å²) in [6.07, 6.45) is -3.42. The van der Waals surface area contributed by atoms with Gasteiger partial charge < -0.3 is 40.2 Å². The highest BCUT2D eigenvalue weighted by molar-refractivity contribution is 5.84. The minimum absolute atomic E-state index is 0.0158. The Morgan fingerprint density at radius 3 is 2.36 bits per heavy atom. The molecule has 1 aromatic rings. The summed E-state index contributed by atoms with van der Waals surface area (Å²) >= 11 is 0. The Balaban J connectivity index is 1.82. The van der Waals surface area contributed by atoms with Gasteiger partial charge in [-0.2, -0.15) is 4.98 Å². The third-order valence-corrected chi connectivity index (χ3v) is 6.71. The Hall–Kier alpha value is -3.43. The van der Waals surface area contributed by atoms with E-state index in [9.17, 15) is 34.8 Å². The maximum Gasteiger partial charge on any atom is 0.349 e. The normalized spacial score (nSPS) is 15.0. The molecule has 4 atom stereocenters. The number of fused-ring (bicyclic) bond motifs is 2. The van der Waals surface area contributed by atoms with E-state index < -0.39 is 47.9 Å². The lowest BCUT2D eigenvalue weighted by molar-refractivity contribution is -0.154. The monoisotopic (exact) mass is 591 g/mol. The van der Waals surface area contributed by atoms with E-state index in [1.807, 2.05) is 20.8 Å². The largest absolute Gasteiger partial charge is 0.460 e. The molecule has 0 saturated carbocycles. The van der Waals surface area contributed by atoms with Gasteiger partial charge in [0.1, 0.15) is 23.9 Å². The number of rotatable bonds is 14. The highest BCUT2D eigenvalue weighted by Gasteiger charge is 2.30. The smallest absolute Gasteiger partial charge is 0.349 e. The lowest BCUT2D eigenvalue weighted by Gasteiger charge is -2.26. The van der Waals surface area contributed by atoms with Gasteiger partial charge in [0.25, 0.3) is 5.56 Å². The summed E-state index contributed by atoms with van der Waals surface area (Å²) in [6.45, 7) is 6.65. The first-order chi connectivity index (χ1) is 19.7. The van der Waals surface area contributed by atoms with Crippen molar-refractivity contribution in [2.75, 3.05) is 18.5 Å². The molecule has 0 aliphatic carbocycles. The fourth-order valence-electron chi connectivity index (χ4n) is 4.55. The number of hydrogen-bond acceptors (Lipinski definition) is 12. The van der Waals surface area contributed by atoms with Crippen LogP contribution in [0.2, 0.25) is 0 Å². The number of esters is 1. The van der Waals surface area contributed by atoms with Gasteiger partial charge in [-0.15, -0.1) is 0 Å². The summed E-state index contributed by atoms with van der Waals surface area (Å²) in [4.78, 5) is 47.2. The zero-order valence-corrected chi connectivity index (χ0v) is 24.3. The van der Waals surface area contributed by atoms with Crippen molar-refractivity contribution in [3.05, 3.63) is 38.5 Å². The Kier molecular flexibility index (Phi) is 11.2. The van der Waals surface area contributed by atoms with Crippen LogP contribution in [0.15, 0.2) is 21.7 Å². The van der Waals surface area contributed by atoms with Crippen molar-refractivity contribution in [1.82, 2.24) is 19.5 Å². The van der Waals surface area contributed by atoms with Crippen molar-refractivity contribution < 1.29 is 35.1 Å². The molecule has 7 N–H and O–H groups in total. The first kappa shape index (κ1) is 33.1. The molecule has 42 heavy (non-hydrogen) atoms. The quantitative estimate of drug-likeness (QED) is 0.0750. The number of carbonyl (C=O) groups excluding carboxylic acids is 1. The van der Waals surface area contributed by atoms with Crippen molar-refractivity contribution in [2.24, 2.45) is 0 Å². The van der Waals surface area contributed by atoms with Crippen molar-refractivity contribution in [3.8, 4) is 11.5 Å². The van der Waals surface area contributed by atoms with E-state index in [1.165, 1.54) is 0 Å². The van der Waals surface area contributed by atoms with E-state index in [0.717, 1.165) is 12.8 Å². The molecule has 0 amide bonds. The summed E-state index contributed by atoms with van der Waals surface area (Å²) in [5.41, 5.74) is 0.314. The number of aromatic nitrogens is 4. The molecule has 14 heteroatoms. The van der Waals surface area contributed by atoms with Crippen LogP contribution in [0.4, 0.5) is 5.69 Å². The second-order valence-electron chi connectivity index (χ2n) is 11.4. The molecular formula is C28H41N5O9. The standard InChI is InChI=1S/C28H41N5O9/c1-15-11-17-18(12-16(15)29-13-19(35)23(38)24(39)20(36)14-34)33(25-22(30-17)26(40)32-27(41)31-25)10-8-6-5-7-9-21(37)42-28(2,3)4/h11-12,19-20,23-24,29,34-36,38-39H,5-10,13-14H2,1-4H3,(H,32,40,41). The number of aromatic amines is 1. The van der Waals surface area contributed by atoms with Gasteiger partial charge >= 0.3 is 11.7 Å². The minimum Gasteiger partial charge on any atom is -0.460 e. The molecule has 0 saturated heterocycles. The van der Waals surface area contributed by atoms with Crippen LogP contribution >= 0.6 is 0 Å². The maximum absolute atomic E-state index is 12.6. The molecule has 2 aliphatic heterocycles. The molecular weight excluding hydrogens is 550 g/mol. The number of anilines is 1. The third kappa shape index (κ3) is 8.55. The first-order valence-corrected chi connectivity index (χ1v) is 14.0. The molecule has 0 aromatic heterocycles. The van der Waals surface area contributed by atoms with Crippen molar-refractivity contribution >= 4 is 22.7 Å². The number of nitrogens with one attached hydrogen (secondary N) is 2. The number of unbranched alkanes of at least 4 members (excludes halogenated alkanes) is 3. The SMILES string of the molecule is Cc1cc2nc3c(=O)[nH]c(=O)nc-3n(CCCCCCC(=O)OC(C)(C)C)c2cc1NCC(O)C(O)C(O)C(O)CO. The molecule has 3 rings (SSSR count). The molecule has 0 radical (unpaired) electrons. The van der Waals surface area contributed by atoms with Gasteiger partial charge in [0.15, 0.2) is 11.5 Å². The fourth-order valence-corrected chi connectivity index (χ4v) is 4.55. The maximum atomic E-state index is 12.6. The molecule has 0 fully saturated rings. The van der Waals surface area contributed by atoms with Gasteiger partial charge in [-0.05, 0) is 58.2 Å². The number of aliphatic hydroxyl groups is 5. The number of H-pyrrole nitrogens is 1. The average molecular weight is 592 g/mol. The number of carbonyl (C=O) groups is 1. The van der Waals surface area contributed by atoms with E-state index in [-0.39, 0.29) is 24.0 Å². The number of aliphatic hydroxyl groups excluding tert-OH is 5. The summed E-state index contributed by atoms with van der Waals surface area (Å²) in [6, 6.07) is 3.46. The Labute approximate surface area is 242 Å². The number of ether oxygens (including phenoxy) is 1. The second kappa shape index (κ2) is 14.2. The van der Waals surface area contributed by atoms with E-state index in [2.05, 4.69) is 20.3 Å². The van der Waals surface area contributed by atoms with Gasteiger partial charge in [0, 0.05) is 25.2 Å².